The monoisotopic (exact) mass is 478 g/mol. The fourth-order valence-corrected chi connectivity index (χ4v) is 6.19. The lowest BCUT2D eigenvalue weighted by Crippen LogP contribution is -2.72. The SMILES string of the molecule is O=C(OC(C(F)(F)F)(C(F)(F)F)C(F)(F)S(=O)(=O)OF)C12CC3CC(CC(C3)C1)C2. The van der Waals surface area contributed by atoms with Crippen LogP contribution in [0.1, 0.15) is 38.5 Å². The minimum Gasteiger partial charge on any atom is -0.433 e. The molecule has 4 aliphatic rings. The lowest BCUT2D eigenvalue weighted by molar-refractivity contribution is -0.409. The molecular weight excluding hydrogens is 463 g/mol. The first-order chi connectivity index (χ1) is 13.4. The summed E-state index contributed by atoms with van der Waals surface area (Å²) in [7, 11) is -7.44. The Morgan fingerprint density at radius 2 is 1.17 bits per heavy atom. The van der Waals surface area contributed by atoms with Gasteiger partial charge < -0.3 is 4.74 Å². The summed E-state index contributed by atoms with van der Waals surface area (Å²) in [5.41, 5.74) is -8.74. The van der Waals surface area contributed by atoms with Crippen molar-refractivity contribution < 1.29 is 62.0 Å². The Morgan fingerprint density at radius 1 is 0.800 bits per heavy atom. The third kappa shape index (κ3) is 3.09. The fourth-order valence-electron chi connectivity index (χ4n) is 5.49. The molecule has 4 bridgehead atoms. The van der Waals surface area contributed by atoms with E-state index in [9.17, 15) is 52.9 Å². The lowest BCUT2D eigenvalue weighted by Gasteiger charge is -2.55. The van der Waals surface area contributed by atoms with E-state index in [0.29, 0.717) is 19.3 Å². The van der Waals surface area contributed by atoms with E-state index in [0.717, 1.165) is 0 Å². The Labute approximate surface area is 163 Å². The first-order valence-corrected chi connectivity index (χ1v) is 10.1. The van der Waals surface area contributed by atoms with E-state index in [1.165, 1.54) is 0 Å². The third-order valence-corrected chi connectivity index (χ3v) is 7.40. The van der Waals surface area contributed by atoms with Crippen LogP contribution in [-0.2, 0) is 24.0 Å². The number of hydrogen-bond donors (Lipinski definition) is 0. The molecule has 0 unspecified atom stereocenters. The van der Waals surface area contributed by atoms with Crippen LogP contribution in [0.4, 0.5) is 39.6 Å². The van der Waals surface area contributed by atoms with Gasteiger partial charge in [-0.2, -0.15) is 43.5 Å². The zero-order valence-electron chi connectivity index (χ0n) is 14.8. The molecule has 4 fully saturated rings. The number of carbonyl (C=O) groups is 1. The topological polar surface area (TPSA) is 69.7 Å². The number of ether oxygens (including phenoxy) is 1. The van der Waals surface area contributed by atoms with E-state index >= 15 is 0 Å². The molecule has 0 atom stereocenters. The second-order valence-corrected chi connectivity index (χ2v) is 9.84. The largest absolute Gasteiger partial charge is 0.445 e. The molecule has 174 valence electrons. The van der Waals surface area contributed by atoms with Crippen LogP contribution >= 0.6 is 0 Å². The Balaban J connectivity index is 2.11. The van der Waals surface area contributed by atoms with Crippen LogP contribution in [0.2, 0.25) is 0 Å². The van der Waals surface area contributed by atoms with Crippen molar-refractivity contribution in [2.45, 2.75) is 61.7 Å². The van der Waals surface area contributed by atoms with Crippen molar-refractivity contribution in [3.8, 4) is 0 Å². The van der Waals surface area contributed by atoms with Crippen molar-refractivity contribution in [3.63, 3.8) is 0 Å². The minimum absolute atomic E-state index is 0.164. The van der Waals surface area contributed by atoms with Crippen LogP contribution in [0.3, 0.4) is 0 Å². The van der Waals surface area contributed by atoms with Gasteiger partial charge in [0.15, 0.2) is 0 Å². The van der Waals surface area contributed by atoms with Crippen LogP contribution in [-0.4, -0.2) is 37.6 Å². The highest BCUT2D eigenvalue weighted by Crippen LogP contribution is 2.63. The first-order valence-electron chi connectivity index (χ1n) is 8.72. The number of alkyl halides is 8. The second-order valence-electron chi connectivity index (χ2n) is 8.30. The second kappa shape index (κ2) is 6.62. The molecule has 0 spiro atoms. The average Bonchev–Trinajstić information content (AvgIpc) is 2.55. The summed E-state index contributed by atoms with van der Waals surface area (Å²) in [5, 5.41) is -7.07. The molecule has 0 saturated heterocycles. The Bertz CT molecular complexity index is 768. The van der Waals surface area contributed by atoms with Gasteiger partial charge in [0.25, 0.3) is 0 Å². The Kier molecular flexibility index (Phi) is 5.17. The maximum absolute atomic E-state index is 14.2. The van der Waals surface area contributed by atoms with Gasteiger partial charge in [0.2, 0.25) is 0 Å². The highest BCUT2D eigenvalue weighted by Gasteiger charge is 2.91. The number of carbonyl (C=O) groups excluding carboxylic acids is 1. The van der Waals surface area contributed by atoms with Crippen LogP contribution in [0, 0.1) is 23.2 Å². The van der Waals surface area contributed by atoms with Gasteiger partial charge in [-0.25, -0.2) is 0 Å². The first kappa shape index (κ1) is 23.4. The maximum atomic E-state index is 14.2. The third-order valence-electron chi connectivity index (χ3n) is 6.32. The summed E-state index contributed by atoms with van der Waals surface area (Å²) >= 11 is 0. The molecule has 0 aromatic rings. The number of esters is 1. The highest BCUT2D eigenvalue weighted by molar-refractivity contribution is 7.87. The van der Waals surface area contributed by atoms with Crippen molar-refractivity contribution in [2.24, 2.45) is 23.2 Å². The van der Waals surface area contributed by atoms with Crippen LogP contribution in [0.15, 0.2) is 0 Å². The normalized spacial score (nSPS) is 32.4. The van der Waals surface area contributed by atoms with Crippen molar-refractivity contribution >= 4 is 16.1 Å². The molecular formula is C15H15F9O5S. The van der Waals surface area contributed by atoms with Gasteiger partial charge in [0, 0.05) is 0 Å². The van der Waals surface area contributed by atoms with Gasteiger partial charge in [-0.15, -0.1) is 0 Å². The molecule has 0 amide bonds. The molecule has 5 nitrogen and oxygen atoms in total. The summed E-state index contributed by atoms with van der Waals surface area (Å²) in [6, 6.07) is 0. The minimum atomic E-state index is -7.44. The highest BCUT2D eigenvalue weighted by atomic mass is 32.2. The van der Waals surface area contributed by atoms with E-state index in [-0.39, 0.29) is 37.0 Å². The molecule has 4 rings (SSSR count). The summed E-state index contributed by atoms with van der Waals surface area (Å²) in [6.45, 7) is 0. The molecule has 4 saturated carbocycles. The fraction of sp³-hybridized carbons (Fsp3) is 0.933. The average molecular weight is 478 g/mol. The standard InChI is InChI=1S/C15H15F9O5S/c16-13(17,18)12(14(19,20)21,15(22,23)30(26,27)29-24)28-10(25)11-4-7-1-8(5-11)3-9(2-7)6-11/h7-9H,1-6H2. The summed E-state index contributed by atoms with van der Waals surface area (Å²) < 4.78 is 148. The molecule has 0 aromatic heterocycles. The molecule has 0 N–H and O–H groups in total. The van der Waals surface area contributed by atoms with Crippen LogP contribution in [0.25, 0.3) is 0 Å². The lowest BCUT2D eigenvalue weighted by atomic mass is 9.49. The molecule has 0 aliphatic heterocycles. The van der Waals surface area contributed by atoms with Crippen molar-refractivity contribution in [1.29, 1.82) is 0 Å². The maximum Gasteiger partial charge on any atom is 0.445 e. The van der Waals surface area contributed by atoms with E-state index in [1.54, 1.807) is 4.39 Å². The van der Waals surface area contributed by atoms with Gasteiger partial charge in [-0.1, -0.05) is 4.39 Å². The number of hydrogen-bond acceptors (Lipinski definition) is 5. The quantitative estimate of drug-likeness (QED) is 0.432. The molecule has 30 heavy (non-hydrogen) atoms. The van der Waals surface area contributed by atoms with E-state index in [1.807, 2.05) is 0 Å². The Hall–Kier alpha value is -1.25. The zero-order chi connectivity index (χ0) is 23.0. The molecule has 15 heteroatoms. The van der Waals surface area contributed by atoms with E-state index in [2.05, 4.69) is 4.74 Å². The molecule has 0 aromatic carbocycles. The van der Waals surface area contributed by atoms with Gasteiger partial charge >= 0.3 is 39.3 Å². The van der Waals surface area contributed by atoms with Gasteiger partial charge in [0.05, 0.1) is 5.41 Å². The van der Waals surface area contributed by atoms with E-state index < -0.39 is 44.7 Å². The number of rotatable bonds is 5. The van der Waals surface area contributed by atoms with Gasteiger partial charge in [-0.3, -0.25) is 4.79 Å². The summed E-state index contributed by atoms with van der Waals surface area (Å²) in [4.78, 5) is 12.6. The predicted molar refractivity (Wildman–Crippen MR) is 77.6 cm³/mol. The Morgan fingerprint density at radius 3 is 1.47 bits per heavy atom. The van der Waals surface area contributed by atoms with Crippen LogP contribution < -0.4 is 0 Å². The van der Waals surface area contributed by atoms with Crippen molar-refractivity contribution in [2.75, 3.05) is 0 Å². The van der Waals surface area contributed by atoms with Gasteiger partial charge in [-0.05, 0) is 60.8 Å². The zero-order valence-corrected chi connectivity index (χ0v) is 15.6. The number of halogens is 9. The molecule has 0 heterocycles. The van der Waals surface area contributed by atoms with Crippen LogP contribution in [0.5, 0.6) is 0 Å². The van der Waals surface area contributed by atoms with Crippen molar-refractivity contribution in [3.05, 3.63) is 0 Å². The van der Waals surface area contributed by atoms with E-state index in [4.69, 9.17) is 0 Å². The predicted octanol–water partition coefficient (Wildman–Crippen LogP) is 4.43. The van der Waals surface area contributed by atoms with Gasteiger partial charge in [0.1, 0.15) is 0 Å². The summed E-state index contributed by atoms with van der Waals surface area (Å²) in [6.07, 6.45) is -13.1. The summed E-state index contributed by atoms with van der Waals surface area (Å²) in [5.74, 6) is -2.83. The smallest absolute Gasteiger partial charge is 0.433 e. The molecule has 0 radical (unpaired) electrons. The molecule has 4 aliphatic carbocycles. The van der Waals surface area contributed by atoms with Crippen molar-refractivity contribution in [1.82, 2.24) is 0 Å².